The van der Waals surface area contributed by atoms with Crippen LogP contribution in [0.5, 0.6) is 0 Å². The van der Waals surface area contributed by atoms with Crippen LogP contribution < -0.4 is 5.32 Å². The summed E-state index contributed by atoms with van der Waals surface area (Å²) in [6.45, 7) is 2.82. The van der Waals surface area contributed by atoms with Gasteiger partial charge in [0.1, 0.15) is 5.82 Å². The third-order valence-corrected chi connectivity index (χ3v) is 2.28. The van der Waals surface area contributed by atoms with Crippen molar-refractivity contribution in [3.63, 3.8) is 0 Å². The van der Waals surface area contributed by atoms with Crippen LogP contribution in [0.25, 0.3) is 11.4 Å². The Kier molecular flexibility index (Phi) is 2.78. The molecule has 0 radical (unpaired) electrons. The second kappa shape index (κ2) is 4.23. The van der Waals surface area contributed by atoms with Gasteiger partial charge in [0.2, 0.25) is 0 Å². The first-order chi connectivity index (χ1) is 7.31. The molecule has 0 atom stereocenters. The second-order valence-corrected chi connectivity index (χ2v) is 3.42. The minimum absolute atomic E-state index is 0.785. The molecular formula is C11H14N4. The van der Waals surface area contributed by atoms with Gasteiger partial charge in [-0.25, -0.2) is 4.98 Å². The summed E-state index contributed by atoms with van der Waals surface area (Å²) in [5.74, 6) is 0.903. The highest BCUT2D eigenvalue weighted by molar-refractivity contribution is 5.54. The Labute approximate surface area is 88.8 Å². The molecule has 0 saturated heterocycles. The van der Waals surface area contributed by atoms with Gasteiger partial charge in [-0.05, 0) is 26.1 Å². The molecule has 2 aromatic heterocycles. The van der Waals surface area contributed by atoms with Gasteiger partial charge in [0, 0.05) is 30.2 Å². The third-order valence-electron chi connectivity index (χ3n) is 2.28. The van der Waals surface area contributed by atoms with Gasteiger partial charge in [-0.2, -0.15) is 0 Å². The van der Waals surface area contributed by atoms with E-state index >= 15 is 0 Å². The van der Waals surface area contributed by atoms with Crippen LogP contribution in [0.4, 0.5) is 0 Å². The highest BCUT2D eigenvalue weighted by atomic mass is 15.0. The van der Waals surface area contributed by atoms with Crippen LogP contribution in [-0.2, 0) is 6.54 Å². The van der Waals surface area contributed by atoms with Crippen molar-refractivity contribution in [3.05, 3.63) is 35.9 Å². The molecule has 4 heteroatoms. The van der Waals surface area contributed by atoms with Gasteiger partial charge in [-0.1, -0.05) is 0 Å². The zero-order chi connectivity index (χ0) is 10.7. The predicted octanol–water partition coefficient (Wildman–Crippen LogP) is 1.50. The van der Waals surface area contributed by atoms with Crippen molar-refractivity contribution in [2.75, 3.05) is 7.05 Å². The van der Waals surface area contributed by atoms with Gasteiger partial charge in [-0.3, -0.25) is 4.98 Å². The van der Waals surface area contributed by atoms with Crippen LogP contribution in [0.15, 0.2) is 24.5 Å². The summed E-state index contributed by atoms with van der Waals surface area (Å²) in [5, 5.41) is 3.09. The third kappa shape index (κ3) is 2.05. The van der Waals surface area contributed by atoms with E-state index in [-0.39, 0.29) is 0 Å². The number of aromatic amines is 1. The summed E-state index contributed by atoms with van der Waals surface area (Å²) in [7, 11) is 1.92. The van der Waals surface area contributed by atoms with E-state index in [1.807, 2.05) is 26.1 Å². The molecule has 0 fully saturated rings. The number of aryl methyl sites for hydroxylation is 1. The summed E-state index contributed by atoms with van der Waals surface area (Å²) < 4.78 is 0. The fourth-order valence-electron chi connectivity index (χ4n) is 1.48. The molecule has 0 aromatic carbocycles. The maximum atomic E-state index is 4.52. The normalized spacial score (nSPS) is 10.5. The van der Waals surface area contributed by atoms with Crippen molar-refractivity contribution in [1.29, 1.82) is 0 Å². The maximum Gasteiger partial charge on any atom is 0.137 e. The SMILES string of the molecule is CNCc1nc(-c2ccncc2)[nH]c1C. The maximum absolute atomic E-state index is 4.52. The zero-order valence-corrected chi connectivity index (χ0v) is 8.91. The Hall–Kier alpha value is -1.68. The number of hydrogen-bond acceptors (Lipinski definition) is 3. The van der Waals surface area contributed by atoms with Crippen molar-refractivity contribution in [1.82, 2.24) is 20.3 Å². The molecule has 78 valence electrons. The molecule has 0 bridgehead atoms. The van der Waals surface area contributed by atoms with Crippen LogP contribution >= 0.6 is 0 Å². The molecule has 2 N–H and O–H groups in total. The van der Waals surface area contributed by atoms with Crippen LogP contribution in [-0.4, -0.2) is 22.0 Å². The average molecular weight is 202 g/mol. The molecule has 2 rings (SSSR count). The molecular weight excluding hydrogens is 188 g/mol. The molecule has 0 unspecified atom stereocenters. The summed E-state index contributed by atoms with van der Waals surface area (Å²) in [5.41, 5.74) is 3.23. The van der Waals surface area contributed by atoms with E-state index in [4.69, 9.17) is 0 Å². The number of aromatic nitrogens is 3. The number of nitrogens with zero attached hydrogens (tertiary/aromatic N) is 2. The molecule has 0 amide bonds. The Bertz CT molecular complexity index is 433. The first-order valence-corrected chi connectivity index (χ1v) is 4.91. The standard InChI is InChI=1S/C11H14N4/c1-8-10(7-12-2)15-11(14-8)9-3-5-13-6-4-9/h3-6,12H,7H2,1-2H3,(H,14,15). The summed E-state index contributed by atoms with van der Waals surface area (Å²) >= 11 is 0. The average Bonchev–Trinajstić information content (AvgIpc) is 2.63. The van der Waals surface area contributed by atoms with E-state index in [2.05, 4.69) is 20.3 Å². The van der Waals surface area contributed by atoms with Gasteiger partial charge in [0.15, 0.2) is 0 Å². The molecule has 4 nitrogen and oxygen atoms in total. The molecule has 0 aliphatic rings. The largest absolute Gasteiger partial charge is 0.342 e. The molecule has 2 heterocycles. The topological polar surface area (TPSA) is 53.6 Å². The number of H-pyrrole nitrogens is 1. The highest BCUT2D eigenvalue weighted by Gasteiger charge is 2.06. The van der Waals surface area contributed by atoms with Gasteiger partial charge in [0.05, 0.1) is 5.69 Å². The lowest BCUT2D eigenvalue weighted by Crippen LogP contribution is -2.06. The minimum Gasteiger partial charge on any atom is -0.342 e. The highest BCUT2D eigenvalue weighted by Crippen LogP contribution is 2.16. The van der Waals surface area contributed by atoms with E-state index in [0.717, 1.165) is 29.3 Å². The number of pyridine rings is 1. The van der Waals surface area contributed by atoms with Crippen LogP contribution in [0.2, 0.25) is 0 Å². The first kappa shape index (κ1) is 9.86. The van der Waals surface area contributed by atoms with E-state index in [9.17, 15) is 0 Å². The number of rotatable bonds is 3. The van der Waals surface area contributed by atoms with Crippen LogP contribution in [0.3, 0.4) is 0 Å². The van der Waals surface area contributed by atoms with Gasteiger partial charge in [0.25, 0.3) is 0 Å². The van der Waals surface area contributed by atoms with E-state index in [0.29, 0.717) is 0 Å². The van der Waals surface area contributed by atoms with Crippen molar-refractivity contribution in [2.24, 2.45) is 0 Å². The number of nitrogens with one attached hydrogen (secondary N) is 2. The zero-order valence-electron chi connectivity index (χ0n) is 8.91. The molecule has 0 aliphatic carbocycles. The predicted molar refractivity (Wildman–Crippen MR) is 59.3 cm³/mol. The van der Waals surface area contributed by atoms with E-state index in [1.54, 1.807) is 12.4 Å². The lowest BCUT2D eigenvalue weighted by molar-refractivity contribution is 0.791. The Morgan fingerprint density at radius 3 is 2.73 bits per heavy atom. The van der Waals surface area contributed by atoms with Crippen molar-refractivity contribution >= 4 is 0 Å². The minimum atomic E-state index is 0.785. The fourth-order valence-corrected chi connectivity index (χ4v) is 1.48. The molecule has 0 spiro atoms. The second-order valence-electron chi connectivity index (χ2n) is 3.42. The van der Waals surface area contributed by atoms with Gasteiger partial charge in [-0.15, -0.1) is 0 Å². The lowest BCUT2D eigenvalue weighted by Gasteiger charge is -1.94. The molecule has 2 aromatic rings. The van der Waals surface area contributed by atoms with E-state index < -0.39 is 0 Å². The first-order valence-electron chi connectivity index (χ1n) is 4.91. The van der Waals surface area contributed by atoms with Crippen LogP contribution in [0, 0.1) is 6.92 Å². The quantitative estimate of drug-likeness (QED) is 0.793. The smallest absolute Gasteiger partial charge is 0.137 e. The van der Waals surface area contributed by atoms with Crippen molar-refractivity contribution in [3.8, 4) is 11.4 Å². The Morgan fingerprint density at radius 1 is 1.33 bits per heavy atom. The van der Waals surface area contributed by atoms with Crippen LogP contribution in [0.1, 0.15) is 11.4 Å². The summed E-state index contributed by atoms with van der Waals surface area (Å²) in [6.07, 6.45) is 3.54. The summed E-state index contributed by atoms with van der Waals surface area (Å²) in [6, 6.07) is 3.89. The Morgan fingerprint density at radius 2 is 2.07 bits per heavy atom. The molecule has 0 aliphatic heterocycles. The van der Waals surface area contributed by atoms with Gasteiger partial charge >= 0.3 is 0 Å². The number of hydrogen-bond donors (Lipinski definition) is 2. The Balaban J connectivity index is 2.34. The number of imidazole rings is 1. The van der Waals surface area contributed by atoms with Crippen molar-refractivity contribution < 1.29 is 0 Å². The summed E-state index contributed by atoms with van der Waals surface area (Å²) in [4.78, 5) is 11.8. The molecule has 0 saturated carbocycles. The fraction of sp³-hybridized carbons (Fsp3) is 0.273. The van der Waals surface area contributed by atoms with Crippen molar-refractivity contribution in [2.45, 2.75) is 13.5 Å². The lowest BCUT2D eigenvalue weighted by atomic mass is 10.2. The van der Waals surface area contributed by atoms with E-state index in [1.165, 1.54) is 0 Å². The monoisotopic (exact) mass is 202 g/mol. The van der Waals surface area contributed by atoms with Gasteiger partial charge < -0.3 is 10.3 Å². The molecule has 15 heavy (non-hydrogen) atoms.